The summed E-state index contributed by atoms with van der Waals surface area (Å²) in [5.41, 5.74) is 1.21. The minimum atomic E-state index is -0.810. The van der Waals surface area contributed by atoms with E-state index in [9.17, 15) is 15.0 Å². The summed E-state index contributed by atoms with van der Waals surface area (Å²) in [6.45, 7) is 0.714. The van der Waals surface area contributed by atoms with Crippen molar-refractivity contribution in [2.24, 2.45) is 0 Å². The Morgan fingerprint density at radius 1 is 1.32 bits per heavy atom. The fraction of sp³-hybridized carbons (Fsp3) is 0.611. The highest BCUT2D eigenvalue weighted by Crippen LogP contribution is 2.25. The topological polar surface area (TPSA) is 91.3 Å². The summed E-state index contributed by atoms with van der Waals surface area (Å²) in [5.74, 6) is -0.237. The molecule has 0 aromatic heterocycles. The minimum absolute atomic E-state index is 0.0206. The lowest BCUT2D eigenvalue weighted by molar-refractivity contribution is -0.125. The standard InChI is InChI=1S/C18H28N2O5/c1-20(9-8-13-6-4-3-5-7-13)17-14(10-19-16(22)12-24-2)25-15(11-21)18(17)23/h3-7,14-15,17-18,21,23H,8-12H2,1-2H3,(H,19,22)/t14-,15+,17-,18-/m1/s1. The molecule has 1 aliphatic rings. The summed E-state index contributed by atoms with van der Waals surface area (Å²) in [5, 5.41) is 22.6. The van der Waals surface area contributed by atoms with Crippen LogP contribution in [0, 0.1) is 0 Å². The normalized spacial score (nSPS) is 26.1. The number of methoxy groups -OCH3 is 1. The van der Waals surface area contributed by atoms with Gasteiger partial charge in [0.2, 0.25) is 5.91 Å². The number of carbonyl (C=O) groups excluding carboxylic acids is 1. The fourth-order valence-corrected chi connectivity index (χ4v) is 3.19. The summed E-state index contributed by atoms with van der Waals surface area (Å²) < 4.78 is 10.5. The van der Waals surface area contributed by atoms with Gasteiger partial charge in [-0.3, -0.25) is 9.69 Å². The first-order valence-corrected chi connectivity index (χ1v) is 8.51. The molecule has 3 N–H and O–H groups in total. The van der Waals surface area contributed by atoms with E-state index in [4.69, 9.17) is 9.47 Å². The van der Waals surface area contributed by atoms with Gasteiger partial charge in [-0.25, -0.2) is 0 Å². The first-order valence-electron chi connectivity index (χ1n) is 8.51. The quantitative estimate of drug-likeness (QED) is 0.550. The number of benzene rings is 1. The summed E-state index contributed by atoms with van der Waals surface area (Å²) in [7, 11) is 3.38. The molecular formula is C18H28N2O5. The Morgan fingerprint density at radius 3 is 2.68 bits per heavy atom. The third kappa shape index (κ3) is 5.49. The Kier molecular flexibility index (Phi) is 7.80. The molecule has 2 rings (SSSR count). The van der Waals surface area contributed by atoms with E-state index in [0.29, 0.717) is 0 Å². The lowest BCUT2D eigenvalue weighted by Crippen LogP contribution is -2.50. The zero-order valence-electron chi connectivity index (χ0n) is 14.8. The Balaban J connectivity index is 1.95. The summed E-state index contributed by atoms with van der Waals surface area (Å²) in [6.07, 6.45) is -1.01. The van der Waals surface area contributed by atoms with Gasteiger partial charge < -0.3 is 25.0 Å². The maximum absolute atomic E-state index is 11.6. The first kappa shape index (κ1) is 19.8. The van der Waals surface area contributed by atoms with Crippen LogP contribution in [-0.4, -0.2) is 85.8 Å². The van der Waals surface area contributed by atoms with E-state index in [1.54, 1.807) is 0 Å². The van der Waals surface area contributed by atoms with E-state index in [-0.39, 0.29) is 31.7 Å². The second kappa shape index (κ2) is 9.84. The van der Waals surface area contributed by atoms with Gasteiger partial charge in [0.15, 0.2) is 0 Å². The monoisotopic (exact) mass is 352 g/mol. The number of nitrogens with one attached hydrogen (secondary N) is 1. The molecule has 1 fully saturated rings. The van der Waals surface area contributed by atoms with Crippen LogP contribution in [0.4, 0.5) is 0 Å². The number of ether oxygens (including phenoxy) is 2. The van der Waals surface area contributed by atoms with E-state index in [1.807, 2.05) is 30.1 Å². The predicted molar refractivity (Wildman–Crippen MR) is 93.2 cm³/mol. The van der Waals surface area contributed by atoms with Crippen LogP contribution in [0.3, 0.4) is 0 Å². The van der Waals surface area contributed by atoms with Crippen LogP contribution in [-0.2, 0) is 20.7 Å². The Labute approximate surface area is 148 Å². The van der Waals surface area contributed by atoms with E-state index < -0.39 is 18.3 Å². The molecule has 1 aromatic carbocycles. The average Bonchev–Trinajstić information content (AvgIpc) is 2.95. The van der Waals surface area contributed by atoms with Crippen molar-refractivity contribution in [2.75, 3.05) is 40.5 Å². The van der Waals surface area contributed by atoms with Crippen molar-refractivity contribution in [3.63, 3.8) is 0 Å². The third-order valence-electron chi connectivity index (χ3n) is 4.52. The number of rotatable bonds is 9. The van der Waals surface area contributed by atoms with Gasteiger partial charge in [0.1, 0.15) is 18.8 Å². The van der Waals surface area contributed by atoms with E-state index in [0.717, 1.165) is 13.0 Å². The molecule has 0 unspecified atom stereocenters. The molecule has 0 spiro atoms. The predicted octanol–water partition coefficient (Wildman–Crippen LogP) is -0.587. The molecule has 7 nitrogen and oxygen atoms in total. The van der Waals surface area contributed by atoms with Crippen molar-refractivity contribution in [3.05, 3.63) is 35.9 Å². The molecule has 0 bridgehead atoms. The van der Waals surface area contributed by atoms with Crippen molar-refractivity contribution in [1.82, 2.24) is 10.2 Å². The average molecular weight is 352 g/mol. The van der Waals surface area contributed by atoms with Gasteiger partial charge in [-0.1, -0.05) is 30.3 Å². The molecule has 1 aliphatic heterocycles. The molecule has 1 aromatic rings. The first-order chi connectivity index (χ1) is 12.1. The number of hydrogen-bond donors (Lipinski definition) is 3. The van der Waals surface area contributed by atoms with Gasteiger partial charge in [-0.15, -0.1) is 0 Å². The largest absolute Gasteiger partial charge is 0.394 e. The second-order valence-corrected chi connectivity index (χ2v) is 6.33. The zero-order chi connectivity index (χ0) is 18.2. The molecule has 140 valence electrons. The van der Waals surface area contributed by atoms with Gasteiger partial charge in [0.25, 0.3) is 0 Å². The summed E-state index contributed by atoms with van der Waals surface area (Å²) >= 11 is 0. The highest BCUT2D eigenvalue weighted by Gasteiger charge is 2.45. The number of hydrogen-bond acceptors (Lipinski definition) is 6. The number of nitrogens with zero attached hydrogens (tertiary/aromatic N) is 1. The van der Waals surface area contributed by atoms with Crippen LogP contribution >= 0.6 is 0 Å². The smallest absolute Gasteiger partial charge is 0.246 e. The maximum Gasteiger partial charge on any atom is 0.246 e. The molecule has 1 heterocycles. The highest BCUT2D eigenvalue weighted by molar-refractivity contribution is 5.77. The van der Waals surface area contributed by atoms with Crippen LogP contribution in [0.1, 0.15) is 5.56 Å². The van der Waals surface area contributed by atoms with Gasteiger partial charge in [-0.2, -0.15) is 0 Å². The fourth-order valence-electron chi connectivity index (χ4n) is 3.19. The van der Waals surface area contributed by atoms with Crippen molar-refractivity contribution < 1.29 is 24.5 Å². The van der Waals surface area contributed by atoms with Crippen molar-refractivity contribution >= 4 is 5.91 Å². The van der Waals surface area contributed by atoms with Crippen LogP contribution in [0.5, 0.6) is 0 Å². The number of aliphatic hydroxyl groups is 2. The van der Waals surface area contributed by atoms with Gasteiger partial charge in [0, 0.05) is 20.2 Å². The molecule has 25 heavy (non-hydrogen) atoms. The van der Waals surface area contributed by atoms with Crippen LogP contribution < -0.4 is 5.32 Å². The SMILES string of the molecule is COCC(=O)NC[C@H]1O[C@@H](CO)[C@@H](O)[C@@H]1N(C)CCc1ccccc1. The summed E-state index contributed by atoms with van der Waals surface area (Å²) in [4.78, 5) is 13.6. The Morgan fingerprint density at radius 2 is 2.04 bits per heavy atom. The number of aliphatic hydroxyl groups excluding tert-OH is 2. The van der Waals surface area contributed by atoms with E-state index in [2.05, 4.69) is 17.4 Å². The second-order valence-electron chi connectivity index (χ2n) is 6.33. The van der Waals surface area contributed by atoms with Gasteiger partial charge >= 0.3 is 0 Å². The minimum Gasteiger partial charge on any atom is -0.394 e. The lowest BCUT2D eigenvalue weighted by Gasteiger charge is -2.30. The van der Waals surface area contributed by atoms with Crippen molar-refractivity contribution in [3.8, 4) is 0 Å². The van der Waals surface area contributed by atoms with E-state index >= 15 is 0 Å². The molecule has 1 saturated heterocycles. The molecule has 4 atom stereocenters. The molecule has 7 heteroatoms. The number of amides is 1. The molecule has 0 radical (unpaired) electrons. The van der Waals surface area contributed by atoms with Crippen molar-refractivity contribution in [2.45, 2.75) is 30.8 Å². The van der Waals surface area contributed by atoms with Gasteiger partial charge in [0.05, 0.1) is 18.8 Å². The highest BCUT2D eigenvalue weighted by atomic mass is 16.5. The Hall–Kier alpha value is -1.51. The van der Waals surface area contributed by atoms with Gasteiger partial charge in [-0.05, 0) is 19.0 Å². The number of likely N-dealkylation sites (N-methyl/N-ethyl adjacent to an activating group) is 1. The van der Waals surface area contributed by atoms with Crippen LogP contribution in [0.15, 0.2) is 30.3 Å². The third-order valence-corrected chi connectivity index (χ3v) is 4.52. The summed E-state index contributed by atoms with van der Waals surface area (Å²) in [6, 6.07) is 9.80. The molecular weight excluding hydrogens is 324 g/mol. The molecule has 0 saturated carbocycles. The zero-order valence-corrected chi connectivity index (χ0v) is 14.8. The van der Waals surface area contributed by atoms with Crippen LogP contribution in [0.2, 0.25) is 0 Å². The van der Waals surface area contributed by atoms with Crippen LogP contribution in [0.25, 0.3) is 0 Å². The lowest BCUT2D eigenvalue weighted by atomic mass is 10.0. The maximum atomic E-state index is 11.6. The molecule has 0 aliphatic carbocycles. The number of carbonyl (C=O) groups is 1. The Bertz CT molecular complexity index is 527. The van der Waals surface area contributed by atoms with E-state index in [1.165, 1.54) is 12.7 Å². The van der Waals surface area contributed by atoms with Crippen molar-refractivity contribution in [1.29, 1.82) is 0 Å². The molecule has 1 amide bonds.